The van der Waals surface area contributed by atoms with Gasteiger partial charge >= 0.3 is 0 Å². The van der Waals surface area contributed by atoms with Gasteiger partial charge in [0.05, 0.1) is 12.3 Å². The van der Waals surface area contributed by atoms with E-state index in [-0.39, 0.29) is 6.17 Å². The Kier molecular flexibility index (Phi) is 3.57. The molecule has 0 spiro atoms. The fraction of sp³-hybridized carbons (Fsp3) is 0.333. The number of likely N-dealkylation sites (N-methyl/N-ethyl adjacent to an activating group) is 1. The summed E-state index contributed by atoms with van der Waals surface area (Å²) in [5.74, 6) is 1.05. The Labute approximate surface area is 148 Å². The summed E-state index contributed by atoms with van der Waals surface area (Å²) in [4.78, 5) is 7.37. The summed E-state index contributed by atoms with van der Waals surface area (Å²) in [5.41, 5.74) is 7.53. The number of amidine groups is 1. The molecule has 3 aliphatic rings. The van der Waals surface area contributed by atoms with Crippen LogP contribution in [0, 0.1) is 0 Å². The van der Waals surface area contributed by atoms with Gasteiger partial charge in [0, 0.05) is 23.2 Å². The number of benzene rings is 1. The van der Waals surface area contributed by atoms with Crippen LogP contribution in [-0.4, -0.2) is 48.5 Å². The first-order chi connectivity index (χ1) is 11.5. The van der Waals surface area contributed by atoms with Gasteiger partial charge in [-0.15, -0.1) is 0 Å². The van der Waals surface area contributed by atoms with Crippen molar-refractivity contribution in [3.05, 3.63) is 57.1 Å². The minimum Gasteiger partial charge on any atom is -0.316 e. The van der Waals surface area contributed by atoms with Crippen molar-refractivity contribution < 1.29 is 0 Å². The lowest BCUT2D eigenvalue weighted by Gasteiger charge is -2.29. The van der Waals surface area contributed by atoms with Gasteiger partial charge in [-0.2, -0.15) is 5.10 Å². The van der Waals surface area contributed by atoms with Crippen molar-refractivity contribution in [2.75, 3.05) is 13.6 Å². The molecule has 0 N–H and O–H groups in total. The molecule has 4 rings (SSSR count). The molecule has 1 unspecified atom stereocenters. The normalized spacial score (nSPS) is 23.0. The van der Waals surface area contributed by atoms with E-state index in [1.54, 1.807) is 0 Å². The number of aliphatic imine (C=N–C) groups is 1. The number of rotatable bonds is 1. The largest absolute Gasteiger partial charge is 0.316 e. The van der Waals surface area contributed by atoms with Gasteiger partial charge in [0.1, 0.15) is 12.0 Å². The van der Waals surface area contributed by atoms with Crippen molar-refractivity contribution in [1.82, 2.24) is 9.91 Å². The maximum Gasteiger partial charge on any atom is 0.209 e. The van der Waals surface area contributed by atoms with E-state index in [2.05, 4.69) is 42.9 Å². The van der Waals surface area contributed by atoms with E-state index in [9.17, 15) is 0 Å². The van der Waals surface area contributed by atoms with Crippen LogP contribution in [0.15, 0.2) is 56.6 Å². The quantitative estimate of drug-likeness (QED) is 0.737. The van der Waals surface area contributed by atoms with Gasteiger partial charge in [-0.25, -0.2) is 0 Å². The molecule has 1 atom stereocenters. The predicted octanol–water partition coefficient (Wildman–Crippen LogP) is 3.01. The van der Waals surface area contributed by atoms with Crippen LogP contribution < -0.4 is 0 Å². The van der Waals surface area contributed by atoms with Crippen LogP contribution >= 0.6 is 11.6 Å². The molecule has 0 bridgehead atoms. The molecule has 24 heavy (non-hydrogen) atoms. The Hall–Kier alpha value is -2.01. The zero-order valence-electron chi connectivity index (χ0n) is 14.5. The zero-order chi connectivity index (χ0) is 17.0. The molecule has 1 aromatic rings. The van der Waals surface area contributed by atoms with Crippen LogP contribution in [0.25, 0.3) is 0 Å². The lowest BCUT2D eigenvalue weighted by molar-refractivity contribution is 0.199. The highest BCUT2D eigenvalue weighted by Crippen LogP contribution is 2.36. The summed E-state index contributed by atoms with van der Waals surface area (Å²) in [6, 6.07) is 8.00. The van der Waals surface area contributed by atoms with Crippen molar-refractivity contribution in [3.63, 3.8) is 0 Å². The number of hydrazone groups is 1. The van der Waals surface area contributed by atoms with Crippen molar-refractivity contribution in [2.45, 2.75) is 26.9 Å². The van der Waals surface area contributed by atoms with Crippen LogP contribution in [0.3, 0.4) is 0 Å². The van der Waals surface area contributed by atoms with Crippen LogP contribution in [0.2, 0.25) is 5.02 Å². The van der Waals surface area contributed by atoms with E-state index in [0.717, 1.165) is 29.4 Å². The average molecular weight is 339 g/mol. The lowest BCUT2D eigenvalue weighted by Crippen LogP contribution is -2.42. The molecule has 0 saturated carbocycles. The highest BCUT2D eigenvalue weighted by Gasteiger charge is 2.39. The first-order valence-corrected chi connectivity index (χ1v) is 8.63. The molecule has 3 heterocycles. The topological polar surface area (TPSA) is 31.2 Å². The first-order valence-electron chi connectivity index (χ1n) is 8.25. The Balaban J connectivity index is 1.89. The fourth-order valence-corrected chi connectivity index (χ4v) is 3.94. The molecule has 3 aliphatic heterocycles. The SMILES string of the molecule is CC1=NN(C)C2CN=C(c3ccc(Cl)cc3)C3=C(BC(C)=C3C)N12. The molecule has 1 aromatic carbocycles. The Bertz CT molecular complexity index is 835. The number of hydrogen-bond donors (Lipinski definition) is 0. The Morgan fingerprint density at radius 1 is 1.17 bits per heavy atom. The van der Waals surface area contributed by atoms with E-state index in [0.29, 0.717) is 6.54 Å². The summed E-state index contributed by atoms with van der Waals surface area (Å²) >= 11 is 6.07. The molecule has 0 amide bonds. The third kappa shape index (κ3) is 2.22. The number of nitrogens with zero attached hydrogens (tertiary/aromatic N) is 4. The summed E-state index contributed by atoms with van der Waals surface area (Å²) in [5, 5.41) is 7.41. The minimum atomic E-state index is 0.165. The van der Waals surface area contributed by atoms with Gasteiger partial charge in [0.25, 0.3) is 0 Å². The smallest absolute Gasteiger partial charge is 0.209 e. The molecule has 0 fully saturated rings. The fourth-order valence-electron chi connectivity index (χ4n) is 3.82. The van der Waals surface area contributed by atoms with E-state index >= 15 is 0 Å². The number of allylic oxidation sites excluding steroid dienone is 3. The zero-order valence-corrected chi connectivity index (χ0v) is 15.2. The highest BCUT2D eigenvalue weighted by atomic mass is 35.5. The minimum absolute atomic E-state index is 0.165. The predicted molar refractivity (Wildman–Crippen MR) is 102 cm³/mol. The molecular weight excluding hydrogens is 318 g/mol. The summed E-state index contributed by atoms with van der Waals surface area (Å²) < 4.78 is 0. The molecule has 122 valence electrons. The van der Waals surface area contributed by atoms with Crippen molar-refractivity contribution >= 4 is 30.4 Å². The summed E-state index contributed by atoms with van der Waals surface area (Å²) in [7, 11) is 2.99. The maximum absolute atomic E-state index is 6.07. The van der Waals surface area contributed by atoms with E-state index < -0.39 is 0 Å². The third-order valence-corrected chi connectivity index (χ3v) is 5.43. The summed E-state index contributed by atoms with van der Waals surface area (Å²) in [6.45, 7) is 7.20. The summed E-state index contributed by atoms with van der Waals surface area (Å²) in [6.07, 6.45) is 0.165. The van der Waals surface area contributed by atoms with Gasteiger partial charge in [0.15, 0.2) is 0 Å². The first kappa shape index (κ1) is 15.5. The van der Waals surface area contributed by atoms with Crippen molar-refractivity contribution in [2.24, 2.45) is 10.1 Å². The van der Waals surface area contributed by atoms with E-state index in [1.165, 1.54) is 22.2 Å². The second-order valence-electron chi connectivity index (χ2n) is 6.67. The number of halogens is 1. The highest BCUT2D eigenvalue weighted by molar-refractivity contribution is 6.58. The van der Waals surface area contributed by atoms with Gasteiger partial charge in [-0.1, -0.05) is 41.7 Å². The average Bonchev–Trinajstić information content (AvgIpc) is 2.91. The second kappa shape index (κ2) is 5.52. The van der Waals surface area contributed by atoms with Crippen molar-refractivity contribution in [3.8, 4) is 0 Å². The Morgan fingerprint density at radius 3 is 2.58 bits per heavy atom. The van der Waals surface area contributed by atoms with Crippen LogP contribution in [0.4, 0.5) is 0 Å². The molecule has 0 radical (unpaired) electrons. The van der Waals surface area contributed by atoms with Gasteiger partial charge in [-0.3, -0.25) is 10.0 Å². The Morgan fingerprint density at radius 2 is 1.88 bits per heavy atom. The number of fused-ring (bicyclic) bond motifs is 2. The van der Waals surface area contributed by atoms with Gasteiger partial charge < -0.3 is 4.90 Å². The number of hydrogen-bond acceptors (Lipinski definition) is 4. The lowest BCUT2D eigenvalue weighted by atomic mass is 9.69. The second-order valence-corrected chi connectivity index (χ2v) is 7.11. The standard InChI is InChI=1S/C18H20BClN4/c1-10-11(2)19-18-16(10)17(13-5-7-14(20)8-6-13)21-9-15-23(4)22-12(3)24(15)18/h5-8,15,19H,9H2,1-4H3. The molecule has 0 saturated heterocycles. The molecule has 0 aliphatic carbocycles. The van der Waals surface area contributed by atoms with Crippen LogP contribution in [0.1, 0.15) is 26.3 Å². The van der Waals surface area contributed by atoms with Gasteiger partial charge in [0.2, 0.25) is 7.28 Å². The van der Waals surface area contributed by atoms with Crippen LogP contribution in [0.5, 0.6) is 0 Å². The molecule has 6 heteroatoms. The molecular formula is C18H20BClN4. The van der Waals surface area contributed by atoms with Gasteiger partial charge in [-0.05, 0) is 31.6 Å². The molecule has 4 nitrogen and oxygen atoms in total. The van der Waals surface area contributed by atoms with Crippen molar-refractivity contribution in [1.29, 1.82) is 0 Å². The molecule has 0 aromatic heterocycles. The third-order valence-electron chi connectivity index (χ3n) is 5.17. The maximum atomic E-state index is 6.07. The monoisotopic (exact) mass is 338 g/mol. The van der Waals surface area contributed by atoms with Crippen LogP contribution in [-0.2, 0) is 0 Å². The van der Waals surface area contributed by atoms with E-state index in [1.807, 2.05) is 24.2 Å². The van der Waals surface area contributed by atoms with E-state index in [4.69, 9.17) is 16.6 Å².